The quantitative estimate of drug-likeness (QED) is 0.813. The van der Waals surface area contributed by atoms with E-state index in [1.54, 1.807) is 4.57 Å². The van der Waals surface area contributed by atoms with Gasteiger partial charge in [0, 0.05) is 6.54 Å². The van der Waals surface area contributed by atoms with Crippen molar-refractivity contribution < 1.29 is 0 Å². The van der Waals surface area contributed by atoms with Gasteiger partial charge < -0.3 is 0 Å². The summed E-state index contributed by atoms with van der Waals surface area (Å²) in [7, 11) is 0. The smallest absolute Gasteiger partial charge is 0.270 e. The Hall–Kier alpha value is -1.94. The topological polar surface area (TPSA) is 34.4 Å². The summed E-state index contributed by atoms with van der Waals surface area (Å²) in [6, 6.07) is 10.1. The first-order chi connectivity index (χ1) is 9.24. The first kappa shape index (κ1) is 12.1. The molecule has 3 rings (SSSR count). The van der Waals surface area contributed by atoms with Gasteiger partial charge in [-0.25, -0.2) is 0 Å². The Morgan fingerprint density at radius 1 is 1.37 bits per heavy atom. The molecule has 1 aromatic heterocycles. The van der Waals surface area contributed by atoms with Crippen molar-refractivity contribution in [3.05, 3.63) is 61.2 Å². The Labute approximate surface area is 114 Å². The fourth-order valence-corrected chi connectivity index (χ4v) is 3.21. The number of benzene rings is 1. The van der Waals surface area contributed by atoms with Gasteiger partial charge >= 0.3 is 0 Å². The van der Waals surface area contributed by atoms with Gasteiger partial charge in [0.2, 0.25) is 0 Å². The normalized spacial score (nSPS) is 15.4. The Bertz CT molecular complexity index is 797. The number of nitrogens with zero attached hydrogens (tertiary/aromatic N) is 2. The fraction of sp³-hybridized carbons (Fsp3) is 0.200. The van der Waals surface area contributed by atoms with Gasteiger partial charge in [-0.2, -0.15) is 0 Å². The van der Waals surface area contributed by atoms with E-state index in [4.69, 9.17) is 0 Å². The van der Waals surface area contributed by atoms with E-state index < -0.39 is 0 Å². The molecule has 0 saturated carbocycles. The summed E-state index contributed by atoms with van der Waals surface area (Å²) in [6.07, 6.45) is 4.02. The van der Waals surface area contributed by atoms with Crippen LogP contribution >= 0.6 is 11.3 Å². The van der Waals surface area contributed by atoms with Crippen molar-refractivity contribution in [2.45, 2.75) is 13.5 Å². The number of aromatic nitrogens is 1. The van der Waals surface area contributed by atoms with E-state index >= 15 is 0 Å². The molecule has 2 aromatic rings. The second-order valence-corrected chi connectivity index (χ2v) is 5.54. The molecule has 0 spiro atoms. The average molecular weight is 270 g/mol. The van der Waals surface area contributed by atoms with E-state index in [-0.39, 0.29) is 5.56 Å². The number of thiazole rings is 1. The van der Waals surface area contributed by atoms with E-state index in [1.165, 1.54) is 11.3 Å². The standard InChI is InChI=1S/C15H14N2OS/c1-11(9-12-5-3-2-4-6-12)10-13-14(18)17-8-7-16-15(17)19-13/h2-6,9-10H,7-8H2,1H3/b11-9+,13-10-. The third kappa shape index (κ3) is 2.44. The summed E-state index contributed by atoms with van der Waals surface area (Å²) >= 11 is 1.47. The van der Waals surface area contributed by atoms with E-state index in [0.29, 0.717) is 0 Å². The lowest BCUT2D eigenvalue weighted by molar-refractivity contribution is 0.740. The molecule has 3 nitrogen and oxygen atoms in total. The number of hydrogen-bond acceptors (Lipinski definition) is 3. The van der Waals surface area contributed by atoms with Crippen molar-refractivity contribution in [1.29, 1.82) is 0 Å². The summed E-state index contributed by atoms with van der Waals surface area (Å²) in [5, 5.41) is 0. The van der Waals surface area contributed by atoms with Crippen LogP contribution in [0.3, 0.4) is 0 Å². The average Bonchev–Trinajstić information content (AvgIpc) is 2.96. The molecule has 2 heterocycles. The van der Waals surface area contributed by atoms with Gasteiger partial charge in [-0.3, -0.25) is 14.4 Å². The van der Waals surface area contributed by atoms with Crippen LogP contribution in [0.2, 0.25) is 0 Å². The van der Waals surface area contributed by atoms with Gasteiger partial charge in [0.25, 0.3) is 5.56 Å². The molecule has 0 bridgehead atoms. The van der Waals surface area contributed by atoms with Crippen molar-refractivity contribution in [1.82, 2.24) is 4.57 Å². The van der Waals surface area contributed by atoms with Gasteiger partial charge in [-0.15, -0.1) is 0 Å². The lowest BCUT2D eigenvalue weighted by atomic mass is 10.1. The molecule has 1 aliphatic rings. The van der Waals surface area contributed by atoms with Crippen LogP contribution in [0.1, 0.15) is 12.5 Å². The molecule has 0 aliphatic carbocycles. The predicted octanol–water partition coefficient (Wildman–Crippen LogP) is 1.43. The second kappa shape index (κ2) is 4.97. The third-order valence-electron chi connectivity index (χ3n) is 3.01. The first-order valence-electron chi connectivity index (χ1n) is 6.23. The molecule has 0 radical (unpaired) electrons. The minimum absolute atomic E-state index is 0.0852. The molecule has 0 N–H and O–H groups in total. The van der Waals surface area contributed by atoms with Crippen LogP contribution in [0.5, 0.6) is 0 Å². The summed E-state index contributed by atoms with van der Waals surface area (Å²) in [6.45, 7) is 3.47. The fourth-order valence-electron chi connectivity index (χ4n) is 2.13. The zero-order chi connectivity index (χ0) is 13.2. The summed E-state index contributed by atoms with van der Waals surface area (Å²) in [4.78, 5) is 17.3. The predicted molar refractivity (Wildman–Crippen MR) is 78.8 cm³/mol. The summed E-state index contributed by atoms with van der Waals surface area (Å²) < 4.78 is 2.52. The Morgan fingerprint density at radius 2 is 2.16 bits per heavy atom. The molecule has 0 amide bonds. The highest BCUT2D eigenvalue weighted by Crippen LogP contribution is 2.06. The first-order valence-corrected chi connectivity index (χ1v) is 7.05. The highest BCUT2D eigenvalue weighted by atomic mass is 32.1. The Morgan fingerprint density at radius 3 is 2.89 bits per heavy atom. The van der Waals surface area contributed by atoms with Gasteiger partial charge in [0.15, 0.2) is 4.80 Å². The molecule has 0 atom stereocenters. The van der Waals surface area contributed by atoms with E-state index in [1.807, 2.05) is 43.3 Å². The number of fused-ring (bicyclic) bond motifs is 1. The molecule has 19 heavy (non-hydrogen) atoms. The van der Waals surface area contributed by atoms with Crippen LogP contribution in [-0.2, 0) is 6.54 Å². The van der Waals surface area contributed by atoms with Gasteiger partial charge in [-0.05, 0) is 24.1 Å². The van der Waals surface area contributed by atoms with Crippen LogP contribution in [0.25, 0.3) is 12.2 Å². The Balaban J connectivity index is 2.03. The zero-order valence-corrected chi connectivity index (χ0v) is 11.5. The number of allylic oxidation sites excluding steroid dienone is 1. The van der Waals surface area contributed by atoms with Crippen LogP contribution in [-0.4, -0.2) is 11.1 Å². The van der Waals surface area contributed by atoms with Gasteiger partial charge in [-0.1, -0.05) is 47.7 Å². The number of rotatable bonds is 2. The SMILES string of the molecule is CC(/C=c1\sc2n(c1=O)CCN=2)=C\c1ccccc1. The monoisotopic (exact) mass is 270 g/mol. The van der Waals surface area contributed by atoms with Crippen molar-refractivity contribution >= 4 is 23.5 Å². The van der Waals surface area contributed by atoms with Gasteiger partial charge in [0.1, 0.15) is 0 Å². The number of hydrogen-bond donors (Lipinski definition) is 0. The van der Waals surface area contributed by atoms with E-state index in [2.05, 4.69) is 11.1 Å². The van der Waals surface area contributed by atoms with Crippen molar-refractivity contribution in [3.8, 4) is 0 Å². The lowest BCUT2D eigenvalue weighted by Crippen LogP contribution is -2.29. The van der Waals surface area contributed by atoms with Crippen molar-refractivity contribution in [3.63, 3.8) is 0 Å². The summed E-state index contributed by atoms with van der Waals surface area (Å²) in [5.41, 5.74) is 2.30. The largest absolute Gasteiger partial charge is 0.282 e. The van der Waals surface area contributed by atoms with Crippen LogP contribution in [0.4, 0.5) is 0 Å². The maximum atomic E-state index is 12.1. The highest BCUT2D eigenvalue weighted by Gasteiger charge is 2.09. The van der Waals surface area contributed by atoms with E-state index in [9.17, 15) is 4.79 Å². The van der Waals surface area contributed by atoms with Crippen LogP contribution in [0, 0.1) is 0 Å². The molecule has 1 aliphatic heterocycles. The Kier molecular flexibility index (Phi) is 3.17. The maximum absolute atomic E-state index is 12.1. The molecular weight excluding hydrogens is 256 g/mol. The summed E-state index contributed by atoms with van der Waals surface area (Å²) in [5.74, 6) is 0. The molecule has 4 heteroatoms. The van der Waals surface area contributed by atoms with Crippen LogP contribution in [0.15, 0.2) is 45.7 Å². The van der Waals surface area contributed by atoms with Crippen molar-refractivity contribution in [2.75, 3.05) is 6.54 Å². The zero-order valence-electron chi connectivity index (χ0n) is 10.7. The molecule has 96 valence electrons. The lowest BCUT2D eigenvalue weighted by Gasteiger charge is -1.93. The van der Waals surface area contributed by atoms with E-state index in [0.717, 1.165) is 33.6 Å². The molecule has 0 fully saturated rings. The minimum Gasteiger partial charge on any atom is -0.282 e. The van der Waals surface area contributed by atoms with Crippen LogP contribution < -0.4 is 14.9 Å². The minimum atomic E-state index is 0.0852. The molecule has 0 saturated heterocycles. The second-order valence-electron chi connectivity index (χ2n) is 4.53. The van der Waals surface area contributed by atoms with Crippen molar-refractivity contribution in [2.24, 2.45) is 4.99 Å². The molecule has 0 unspecified atom stereocenters. The molecule has 1 aromatic carbocycles. The highest BCUT2D eigenvalue weighted by molar-refractivity contribution is 7.07. The third-order valence-corrected chi connectivity index (χ3v) is 4.06. The van der Waals surface area contributed by atoms with Gasteiger partial charge in [0.05, 0.1) is 11.1 Å². The maximum Gasteiger partial charge on any atom is 0.270 e. The molecular formula is C15H14N2OS.